The molecule has 0 atom stereocenters. The zero-order valence-corrected chi connectivity index (χ0v) is 11.5. The van der Waals surface area contributed by atoms with Crippen LogP contribution >= 0.6 is 0 Å². The van der Waals surface area contributed by atoms with E-state index in [9.17, 15) is 0 Å². The van der Waals surface area contributed by atoms with Crippen LogP contribution in [0.3, 0.4) is 0 Å². The van der Waals surface area contributed by atoms with Gasteiger partial charge in [-0.05, 0) is 36.2 Å². The van der Waals surface area contributed by atoms with Gasteiger partial charge < -0.3 is 10.7 Å². The molecule has 0 unspecified atom stereocenters. The van der Waals surface area contributed by atoms with E-state index in [0.29, 0.717) is 0 Å². The number of unbranched alkanes of at least 4 members (excludes halogenated alkanes) is 1. The molecule has 0 spiro atoms. The van der Waals surface area contributed by atoms with Gasteiger partial charge in [0.15, 0.2) is 0 Å². The first-order valence-electron chi connectivity index (χ1n) is 7.10. The second-order valence-corrected chi connectivity index (χ2v) is 5.05. The SMILES string of the molecule is NCCCCc1ncc(-c2ccc3ccccc3c2)[nH]1. The van der Waals surface area contributed by atoms with E-state index in [0.717, 1.165) is 37.3 Å². The summed E-state index contributed by atoms with van der Waals surface area (Å²) >= 11 is 0. The van der Waals surface area contributed by atoms with Crippen molar-refractivity contribution in [1.82, 2.24) is 9.97 Å². The quantitative estimate of drug-likeness (QED) is 0.694. The van der Waals surface area contributed by atoms with Crippen LogP contribution in [-0.2, 0) is 6.42 Å². The van der Waals surface area contributed by atoms with Crippen molar-refractivity contribution < 1.29 is 0 Å². The summed E-state index contributed by atoms with van der Waals surface area (Å²) in [6.45, 7) is 0.748. The van der Waals surface area contributed by atoms with Crippen LogP contribution in [0.2, 0.25) is 0 Å². The Hall–Kier alpha value is -2.13. The second kappa shape index (κ2) is 5.88. The van der Waals surface area contributed by atoms with Gasteiger partial charge in [0, 0.05) is 12.0 Å². The summed E-state index contributed by atoms with van der Waals surface area (Å²) in [4.78, 5) is 7.85. The summed E-state index contributed by atoms with van der Waals surface area (Å²) in [5.41, 5.74) is 7.77. The fourth-order valence-corrected chi connectivity index (χ4v) is 2.43. The van der Waals surface area contributed by atoms with E-state index < -0.39 is 0 Å². The molecule has 0 saturated heterocycles. The Morgan fingerprint density at radius 3 is 2.70 bits per heavy atom. The molecule has 3 heteroatoms. The van der Waals surface area contributed by atoms with Gasteiger partial charge in [0.25, 0.3) is 0 Å². The fourth-order valence-electron chi connectivity index (χ4n) is 2.43. The van der Waals surface area contributed by atoms with E-state index in [2.05, 4.69) is 52.4 Å². The van der Waals surface area contributed by atoms with Crippen molar-refractivity contribution in [2.45, 2.75) is 19.3 Å². The molecule has 1 heterocycles. The lowest BCUT2D eigenvalue weighted by Crippen LogP contribution is -1.99. The van der Waals surface area contributed by atoms with Crippen LogP contribution < -0.4 is 5.73 Å². The molecule has 3 aromatic rings. The summed E-state index contributed by atoms with van der Waals surface area (Å²) in [7, 11) is 0. The van der Waals surface area contributed by atoms with Crippen molar-refractivity contribution in [1.29, 1.82) is 0 Å². The molecule has 0 radical (unpaired) electrons. The van der Waals surface area contributed by atoms with Gasteiger partial charge in [0.2, 0.25) is 0 Å². The molecule has 3 rings (SSSR count). The maximum atomic E-state index is 5.51. The Bertz CT molecular complexity index is 700. The Labute approximate surface area is 118 Å². The zero-order chi connectivity index (χ0) is 13.8. The minimum atomic E-state index is 0.748. The molecule has 3 nitrogen and oxygen atoms in total. The minimum Gasteiger partial charge on any atom is -0.342 e. The lowest BCUT2D eigenvalue weighted by Gasteiger charge is -2.01. The smallest absolute Gasteiger partial charge is 0.106 e. The molecular weight excluding hydrogens is 246 g/mol. The van der Waals surface area contributed by atoms with Crippen molar-refractivity contribution in [2.24, 2.45) is 5.73 Å². The van der Waals surface area contributed by atoms with Crippen LogP contribution in [0.4, 0.5) is 0 Å². The highest BCUT2D eigenvalue weighted by atomic mass is 14.9. The molecule has 0 aliphatic carbocycles. The predicted molar refractivity (Wildman–Crippen MR) is 83.5 cm³/mol. The number of aromatic amines is 1. The van der Waals surface area contributed by atoms with E-state index in [1.54, 1.807) is 0 Å². The normalized spacial score (nSPS) is 11.1. The van der Waals surface area contributed by atoms with Gasteiger partial charge in [-0.25, -0.2) is 4.98 Å². The average Bonchev–Trinajstić information content (AvgIpc) is 2.96. The molecule has 0 amide bonds. The predicted octanol–water partition coefficient (Wildman–Crippen LogP) is 3.51. The van der Waals surface area contributed by atoms with Gasteiger partial charge in [0.1, 0.15) is 5.82 Å². The number of rotatable bonds is 5. The number of benzene rings is 2. The van der Waals surface area contributed by atoms with E-state index in [-0.39, 0.29) is 0 Å². The molecule has 0 fully saturated rings. The van der Waals surface area contributed by atoms with Gasteiger partial charge in [-0.2, -0.15) is 0 Å². The highest BCUT2D eigenvalue weighted by Crippen LogP contribution is 2.23. The molecule has 1 aromatic heterocycles. The van der Waals surface area contributed by atoms with Crippen LogP contribution in [0.15, 0.2) is 48.7 Å². The zero-order valence-electron chi connectivity index (χ0n) is 11.5. The molecule has 3 N–H and O–H groups in total. The highest BCUT2D eigenvalue weighted by Gasteiger charge is 2.04. The summed E-state index contributed by atoms with van der Waals surface area (Å²) < 4.78 is 0. The molecule has 0 aliphatic heterocycles. The van der Waals surface area contributed by atoms with Crippen LogP contribution in [0.1, 0.15) is 18.7 Å². The van der Waals surface area contributed by atoms with E-state index in [4.69, 9.17) is 5.73 Å². The van der Waals surface area contributed by atoms with Crippen LogP contribution in [0, 0.1) is 0 Å². The first kappa shape index (κ1) is 12.9. The summed E-state index contributed by atoms with van der Waals surface area (Å²) in [6.07, 6.45) is 5.01. The number of hydrogen-bond acceptors (Lipinski definition) is 2. The van der Waals surface area contributed by atoms with E-state index >= 15 is 0 Å². The maximum absolute atomic E-state index is 5.51. The first-order valence-corrected chi connectivity index (χ1v) is 7.10. The number of aryl methyl sites for hydroxylation is 1. The monoisotopic (exact) mass is 265 g/mol. The fraction of sp³-hybridized carbons (Fsp3) is 0.235. The second-order valence-electron chi connectivity index (χ2n) is 5.05. The maximum Gasteiger partial charge on any atom is 0.106 e. The van der Waals surface area contributed by atoms with Crippen LogP contribution in [0.5, 0.6) is 0 Å². The molecule has 20 heavy (non-hydrogen) atoms. The number of hydrogen-bond donors (Lipinski definition) is 2. The Morgan fingerprint density at radius 1 is 1.00 bits per heavy atom. The standard InChI is InChI=1S/C17H19N3/c18-10-4-3-7-17-19-12-16(20-17)15-9-8-13-5-1-2-6-14(13)11-15/h1-2,5-6,8-9,11-12H,3-4,7,10,18H2,(H,19,20). The summed E-state index contributed by atoms with van der Waals surface area (Å²) in [5.74, 6) is 1.04. The first-order chi connectivity index (χ1) is 9.86. The Kier molecular flexibility index (Phi) is 3.79. The Morgan fingerprint density at radius 2 is 1.85 bits per heavy atom. The van der Waals surface area contributed by atoms with Crippen molar-refractivity contribution in [3.63, 3.8) is 0 Å². The van der Waals surface area contributed by atoms with Crippen molar-refractivity contribution in [3.8, 4) is 11.3 Å². The largest absolute Gasteiger partial charge is 0.342 e. The number of nitrogens with one attached hydrogen (secondary N) is 1. The topological polar surface area (TPSA) is 54.7 Å². The summed E-state index contributed by atoms with van der Waals surface area (Å²) in [5, 5.41) is 2.52. The van der Waals surface area contributed by atoms with E-state index in [1.165, 1.54) is 16.3 Å². The van der Waals surface area contributed by atoms with Crippen LogP contribution in [0.25, 0.3) is 22.0 Å². The molecule has 0 saturated carbocycles. The number of nitrogens with zero attached hydrogens (tertiary/aromatic N) is 1. The number of fused-ring (bicyclic) bond motifs is 1. The summed E-state index contributed by atoms with van der Waals surface area (Å²) in [6, 6.07) is 14.9. The highest BCUT2D eigenvalue weighted by molar-refractivity contribution is 5.86. The average molecular weight is 265 g/mol. The molecule has 102 valence electrons. The van der Waals surface area contributed by atoms with Crippen LogP contribution in [-0.4, -0.2) is 16.5 Å². The van der Waals surface area contributed by atoms with Crippen molar-refractivity contribution in [3.05, 3.63) is 54.5 Å². The van der Waals surface area contributed by atoms with Gasteiger partial charge in [0.05, 0.1) is 11.9 Å². The third kappa shape index (κ3) is 2.73. The lowest BCUT2D eigenvalue weighted by molar-refractivity contribution is 0.723. The van der Waals surface area contributed by atoms with Crippen molar-refractivity contribution in [2.75, 3.05) is 6.54 Å². The minimum absolute atomic E-state index is 0.748. The van der Waals surface area contributed by atoms with Crippen molar-refractivity contribution >= 4 is 10.8 Å². The van der Waals surface area contributed by atoms with Gasteiger partial charge in [-0.15, -0.1) is 0 Å². The molecular formula is C17H19N3. The lowest BCUT2D eigenvalue weighted by atomic mass is 10.1. The molecule has 0 bridgehead atoms. The number of H-pyrrole nitrogens is 1. The molecule has 0 aliphatic rings. The van der Waals surface area contributed by atoms with Gasteiger partial charge >= 0.3 is 0 Å². The van der Waals surface area contributed by atoms with Gasteiger partial charge in [-0.3, -0.25) is 0 Å². The number of imidazole rings is 1. The van der Waals surface area contributed by atoms with Gasteiger partial charge in [-0.1, -0.05) is 36.4 Å². The third-order valence-electron chi connectivity index (χ3n) is 3.56. The third-order valence-corrected chi connectivity index (χ3v) is 3.56. The molecule has 2 aromatic carbocycles. The number of nitrogens with two attached hydrogens (primary N) is 1. The Balaban J connectivity index is 1.83. The number of aromatic nitrogens is 2. The van der Waals surface area contributed by atoms with E-state index in [1.807, 2.05) is 6.20 Å².